The maximum Gasteiger partial charge on any atom is 0.277 e. The predicted octanol–water partition coefficient (Wildman–Crippen LogP) is 0.649. The number of hydrogen-bond donors (Lipinski definition) is 3. The van der Waals surface area contributed by atoms with Crippen molar-refractivity contribution in [2.24, 2.45) is 0 Å². The summed E-state index contributed by atoms with van der Waals surface area (Å²) in [4.78, 5) is 7.37. The number of fused-ring (bicyclic) bond motifs is 1. The van der Waals surface area contributed by atoms with Crippen LogP contribution in [0, 0.1) is 0 Å². The van der Waals surface area contributed by atoms with Crippen molar-refractivity contribution in [3.8, 4) is 0 Å². The van der Waals surface area contributed by atoms with E-state index in [1.54, 1.807) is 0 Å². The summed E-state index contributed by atoms with van der Waals surface area (Å²) in [5.74, 6) is 0.609. The first-order valence-corrected chi connectivity index (χ1v) is 7.31. The number of aromatic amines is 1. The summed E-state index contributed by atoms with van der Waals surface area (Å²) < 4.78 is 28.2. The lowest BCUT2D eigenvalue weighted by molar-refractivity contribution is 0.564. The van der Waals surface area contributed by atoms with Gasteiger partial charge in [0.15, 0.2) is 0 Å². The summed E-state index contributed by atoms with van der Waals surface area (Å²) in [7, 11) is -3.41. The van der Waals surface area contributed by atoms with E-state index in [0.29, 0.717) is 5.82 Å². The van der Waals surface area contributed by atoms with Crippen LogP contribution in [0.25, 0.3) is 11.0 Å². The molecule has 1 aliphatic carbocycles. The van der Waals surface area contributed by atoms with Crippen LogP contribution >= 0.6 is 0 Å². The van der Waals surface area contributed by atoms with Crippen molar-refractivity contribution in [3.05, 3.63) is 30.1 Å². The van der Waals surface area contributed by atoms with Gasteiger partial charge in [0.05, 0.1) is 17.6 Å². The topological polar surface area (TPSA) is 86.9 Å². The molecule has 7 heteroatoms. The monoisotopic (exact) mass is 266 g/mol. The van der Waals surface area contributed by atoms with Gasteiger partial charge in [0.25, 0.3) is 10.2 Å². The number of para-hydroxylation sites is 2. The van der Waals surface area contributed by atoms with E-state index in [9.17, 15) is 8.42 Å². The van der Waals surface area contributed by atoms with E-state index < -0.39 is 10.2 Å². The van der Waals surface area contributed by atoms with Crippen molar-refractivity contribution in [2.45, 2.75) is 25.4 Å². The van der Waals surface area contributed by atoms with Gasteiger partial charge in [-0.15, -0.1) is 0 Å². The Bertz CT molecular complexity index is 627. The second kappa shape index (κ2) is 4.34. The SMILES string of the molecule is O=S(=O)(NCc1nc2ccccc2[nH]1)NC1CC1. The number of imidazole rings is 1. The van der Waals surface area contributed by atoms with Gasteiger partial charge in [-0.3, -0.25) is 0 Å². The van der Waals surface area contributed by atoms with Crippen LogP contribution in [0.2, 0.25) is 0 Å². The van der Waals surface area contributed by atoms with Gasteiger partial charge in [0, 0.05) is 6.04 Å². The molecule has 0 spiro atoms. The van der Waals surface area contributed by atoms with Crippen LogP contribution in [-0.2, 0) is 16.8 Å². The first-order chi connectivity index (χ1) is 8.62. The van der Waals surface area contributed by atoms with Crippen molar-refractivity contribution in [2.75, 3.05) is 0 Å². The van der Waals surface area contributed by atoms with E-state index in [-0.39, 0.29) is 12.6 Å². The third-order valence-corrected chi connectivity index (χ3v) is 3.94. The van der Waals surface area contributed by atoms with E-state index in [2.05, 4.69) is 19.4 Å². The van der Waals surface area contributed by atoms with Crippen LogP contribution < -0.4 is 9.44 Å². The Hall–Kier alpha value is -1.44. The summed E-state index contributed by atoms with van der Waals surface area (Å²) in [5, 5.41) is 0. The minimum absolute atomic E-state index is 0.109. The predicted molar refractivity (Wildman–Crippen MR) is 68.0 cm³/mol. The number of aromatic nitrogens is 2. The van der Waals surface area contributed by atoms with Gasteiger partial charge in [-0.2, -0.15) is 17.9 Å². The van der Waals surface area contributed by atoms with Crippen molar-refractivity contribution in [1.29, 1.82) is 0 Å². The van der Waals surface area contributed by atoms with E-state index in [0.717, 1.165) is 23.9 Å². The number of hydrogen-bond acceptors (Lipinski definition) is 3. The number of nitrogens with zero attached hydrogens (tertiary/aromatic N) is 1. The van der Waals surface area contributed by atoms with Crippen molar-refractivity contribution in [3.63, 3.8) is 0 Å². The van der Waals surface area contributed by atoms with Crippen LogP contribution in [0.3, 0.4) is 0 Å². The van der Waals surface area contributed by atoms with E-state index in [1.807, 2.05) is 24.3 Å². The first-order valence-electron chi connectivity index (χ1n) is 5.83. The molecule has 18 heavy (non-hydrogen) atoms. The smallest absolute Gasteiger partial charge is 0.277 e. The van der Waals surface area contributed by atoms with Crippen molar-refractivity contribution in [1.82, 2.24) is 19.4 Å². The maximum atomic E-state index is 11.6. The molecule has 0 unspecified atom stereocenters. The summed E-state index contributed by atoms with van der Waals surface area (Å²) in [6.45, 7) is 0.163. The molecular formula is C11H14N4O2S. The molecule has 3 rings (SSSR count). The molecule has 0 amide bonds. The highest BCUT2D eigenvalue weighted by molar-refractivity contribution is 7.87. The fourth-order valence-corrected chi connectivity index (χ4v) is 2.80. The third kappa shape index (κ3) is 2.69. The Balaban J connectivity index is 1.68. The molecule has 96 valence electrons. The summed E-state index contributed by atoms with van der Waals surface area (Å²) in [6, 6.07) is 7.70. The molecule has 2 aromatic rings. The van der Waals surface area contributed by atoms with Crippen LogP contribution in [0.1, 0.15) is 18.7 Å². The second-order valence-corrected chi connectivity index (χ2v) is 5.95. The average molecular weight is 266 g/mol. The van der Waals surface area contributed by atoms with E-state index in [1.165, 1.54) is 0 Å². The Morgan fingerprint density at radius 1 is 1.33 bits per heavy atom. The standard InChI is InChI=1S/C11H14N4O2S/c16-18(17,15-8-5-6-8)12-7-11-13-9-3-1-2-4-10(9)14-11/h1-4,8,12,15H,5-7H2,(H,13,14). The zero-order chi connectivity index (χ0) is 12.6. The summed E-state index contributed by atoms with van der Waals surface area (Å²) >= 11 is 0. The largest absolute Gasteiger partial charge is 0.341 e. The first kappa shape index (κ1) is 11.6. The molecule has 1 fully saturated rings. The molecule has 1 aromatic heterocycles. The Labute approximate surface area is 105 Å². The van der Waals surface area contributed by atoms with Gasteiger partial charge in [-0.05, 0) is 25.0 Å². The lowest BCUT2D eigenvalue weighted by Crippen LogP contribution is -2.37. The maximum absolute atomic E-state index is 11.6. The highest BCUT2D eigenvalue weighted by Gasteiger charge is 2.26. The number of H-pyrrole nitrogens is 1. The lowest BCUT2D eigenvalue weighted by atomic mass is 10.3. The molecule has 0 saturated heterocycles. The van der Waals surface area contributed by atoms with Gasteiger partial charge in [-0.1, -0.05) is 12.1 Å². The second-order valence-electron chi connectivity index (χ2n) is 4.42. The molecule has 0 bridgehead atoms. The third-order valence-electron chi connectivity index (χ3n) is 2.77. The molecule has 6 nitrogen and oxygen atoms in total. The minimum Gasteiger partial charge on any atom is -0.341 e. The number of nitrogens with one attached hydrogen (secondary N) is 3. The molecule has 1 aromatic carbocycles. The quantitative estimate of drug-likeness (QED) is 0.742. The van der Waals surface area contributed by atoms with Gasteiger partial charge in [-0.25, -0.2) is 4.98 Å². The molecule has 0 radical (unpaired) electrons. The van der Waals surface area contributed by atoms with E-state index in [4.69, 9.17) is 0 Å². The van der Waals surface area contributed by atoms with Crippen LogP contribution in [0.15, 0.2) is 24.3 Å². The molecule has 0 atom stereocenters. The van der Waals surface area contributed by atoms with Crippen molar-refractivity contribution >= 4 is 21.2 Å². The van der Waals surface area contributed by atoms with Crippen LogP contribution in [-0.4, -0.2) is 24.4 Å². The minimum atomic E-state index is -3.41. The van der Waals surface area contributed by atoms with Gasteiger partial charge >= 0.3 is 0 Å². The van der Waals surface area contributed by atoms with Crippen LogP contribution in [0.4, 0.5) is 0 Å². The number of benzene rings is 1. The normalized spacial score (nSPS) is 16.2. The molecule has 1 heterocycles. The van der Waals surface area contributed by atoms with Gasteiger partial charge in [0.1, 0.15) is 5.82 Å². The average Bonchev–Trinajstić information content (AvgIpc) is 3.02. The van der Waals surface area contributed by atoms with E-state index >= 15 is 0 Å². The Morgan fingerprint density at radius 3 is 2.83 bits per heavy atom. The Kier molecular flexibility index (Phi) is 2.81. The highest BCUT2D eigenvalue weighted by Crippen LogP contribution is 2.19. The Morgan fingerprint density at radius 2 is 2.11 bits per heavy atom. The van der Waals surface area contributed by atoms with Crippen molar-refractivity contribution < 1.29 is 8.42 Å². The van der Waals surface area contributed by atoms with Crippen LogP contribution in [0.5, 0.6) is 0 Å². The summed E-state index contributed by atoms with van der Waals surface area (Å²) in [5.41, 5.74) is 1.74. The zero-order valence-corrected chi connectivity index (χ0v) is 10.5. The highest BCUT2D eigenvalue weighted by atomic mass is 32.2. The molecule has 0 aliphatic heterocycles. The fourth-order valence-electron chi connectivity index (χ4n) is 1.71. The molecule has 1 saturated carbocycles. The number of rotatable bonds is 5. The molecular weight excluding hydrogens is 252 g/mol. The summed E-state index contributed by atoms with van der Waals surface area (Å²) in [6.07, 6.45) is 1.84. The molecule has 3 N–H and O–H groups in total. The lowest BCUT2D eigenvalue weighted by Gasteiger charge is -2.05. The van der Waals surface area contributed by atoms with Gasteiger partial charge < -0.3 is 4.98 Å². The zero-order valence-electron chi connectivity index (χ0n) is 9.68. The fraction of sp³-hybridized carbons (Fsp3) is 0.364. The molecule has 1 aliphatic rings. The van der Waals surface area contributed by atoms with Gasteiger partial charge in [0.2, 0.25) is 0 Å².